The van der Waals surface area contributed by atoms with Gasteiger partial charge in [0.2, 0.25) is 17.7 Å². The van der Waals surface area contributed by atoms with Crippen LogP contribution in [0.1, 0.15) is 33.1 Å². The third-order valence-electron chi connectivity index (χ3n) is 4.11. The van der Waals surface area contributed by atoms with Gasteiger partial charge in [0.15, 0.2) is 0 Å². The molecule has 0 aliphatic heterocycles. The molecule has 3 amide bonds. The Kier molecular flexibility index (Phi) is 14.0. The van der Waals surface area contributed by atoms with Crippen LogP contribution in [0.15, 0.2) is 0 Å². The first-order chi connectivity index (χ1) is 14.4. The van der Waals surface area contributed by atoms with Crippen LogP contribution in [0.25, 0.3) is 0 Å². The van der Waals surface area contributed by atoms with Crippen LogP contribution in [0.5, 0.6) is 0 Å². The standard InChI is InChI=1S/C18H32N4O7S2/c1-9(2)6-13(18(28)29)22-16(26)11(4-5-31-3)20-17(27)12(7-14(23)24)21-15(25)10(19)8-30/h9-13,30H,4-8,19H2,1-3H3,(H,20,27)(H,21,25)(H,22,26)(H,23,24)(H,28,29). The Morgan fingerprint density at radius 3 is 1.90 bits per heavy atom. The Balaban J connectivity index is 5.43. The zero-order chi connectivity index (χ0) is 24.1. The molecule has 0 aromatic carbocycles. The molecule has 4 atom stereocenters. The minimum Gasteiger partial charge on any atom is -0.481 e. The van der Waals surface area contributed by atoms with E-state index in [1.807, 2.05) is 13.8 Å². The molecule has 0 rings (SSSR count). The summed E-state index contributed by atoms with van der Waals surface area (Å²) in [4.78, 5) is 59.9. The summed E-state index contributed by atoms with van der Waals surface area (Å²) in [6.45, 7) is 3.62. The number of thioether (sulfide) groups is 1. The average molecular weight is 481 g/mol. The van der Waals surface area contributed by atoms with Gasteiger partial charge in [-0.25, -0.2) is 4.79 Å². The first kappa shape index (κ1) is 29.0. The summed E-state index contributed by atoms with van der Waals surface area (Å²) in [5.74, 6) is -4.43. The largest absolute Gasteiger partial charge is 0.481 e. The molecular formula is C18H32N4O7S2. The third-order valence-corrected chi connectivity index (χ3v) is 5.15. The van der Waals surface area contributed by atoms with E-state index in [0.717, 1.165) is 0 Å². The number of nitrogens with two attached hydrogens (primary N) is 1. The van der Waals surface area contributed by atoms with Crippen molar-refractivity contribution in [3.63, 3.8) is 0 Å². The maximum absolute atomic E-state index is 12.7. The maximum atomic E-state index is 12.7. The molecule has 0 fully saturated rings. The number of rotatable bonds is 15. The summed E-state index contributed by atoms with van der Waals surface area (Å²) >= 11 is 5.30. The fraction of sp³-hybridized carbons (Fsp3) is 0.722. The van der Waals surface area contributed by atoms with E-state index in [9.17, 15) is 29.1 Å². The van der Waals surface area contributed by atoms with Crippen LogP contribution in [-0.4, -0.2) is 81.8 Å². The lowest BCUT2D eigenvalue weighted by atomic mass is 10.0. The monoisotopic (exact) mass is 480 g/mol. The van der Waals surface area contributed by atoms with E-state index in [-0.39, 0.29) is 24.5 Å². The second kappa shape index (κ2) is 14.9. The van der Waals surface area contributed by atoms with Crippen LogP contribution >= 0.6 is 24.4 Å². The molecule has 0 bridgehead atoms. The van der Waals surface area contributed by atoms with E-state index in [4.69, 9.17) is 10.8 Å². The highest BCUT2D eigenvalue weighted by Crippen LogP contribution is 2.08. The summed E-state index contributed by atoms with van der Waals surface area (Å²) in [6.07, 6.45) is 1.45. The predicted octanol–water partition coefficient (Wildman–Crippen LogP) is -0.944. The van der Waals surface area contributed by atoms with Gasteiger partial charge >= 0.3 is 11.9 Å². The molecule has 31 heavy (non-hydrogen) atoms. The van der Waals surface area contributed by atoms with Gasteiger partial charge in [0, 0.05) is 5.75 Å². The molecule has 0 saturated heterocycles. The molecule has 0 spiro atoms. The van der Waals surface area contributed by atoms with E-state index in [1.54, 1.807) is 6.26 Å². The highest BCUT2D eigenvalue weighted by atomic mass is 32.2. The van der Waals surface area contributed by atoms with Gasteiger partial charge in [-0.15, -0.1) is 0 Å². The van der Waals surface area contributed by atoms with Crippen molar-refractivity contribution in [3.05, 3.63) is 0 Å². The Hall–Kier alpha value is -1.99. The molecule has 13 heteroatoms. The smallest absolute Gasteiger partial charge is 0.326 e. The fourth-order valence-electron chi connectivity index (χ4n) is 2.49. The lowest BCUT2D eigenvalue weighted by Crippen LogP contribution is -2.57. The van der Waals surface area contributed by atoms with Gasteiger partial charge in [-0.1, -0.05) is 13.8 Å². The van der Waals surface area contributed by atoms with Crippen LogP contribution in [-0.2, 0) is 24.0 Å². The van der Waals surface area contributed by atoms with Crippen molar-refractivity contribution >= 4 is 54.1 Å². The Bertz CT molecular complexity index is 648. The predicted molar refractivity (Wildman–Crippen MR) is 120 cm³/mol. The Morgan fingerprint density at radius 2 is 1.45 bits per heavy atom. The number of carboxylic acid groups (broad SMARTS) is 2. The molecule has 0 aromatic heterocycles. The van der Waals surface area contributed by atoms with Crippen molar-refractivity contribution in [2.45, 2.75) is 57.3 Å². The quantitative estimate of drug-likeness (QED) is 0.145. The van der Waals surface area contributed by atoms with Crippen molar-refractivity contribution < 1.29 is 34.2 Å². The van der Waals surface area contributed by atoms with Crippen LogP contribution in [0.2, 0.25) is 0 Å². The number of carbonyl (C=O) groups is 5. The number of hydrogen-bond donors (Lipinski definition) is 7. The van der Waals surface area contributed by atoms with Gasteiger partial charge in [0.25, 0.3) is 0 Å². The first-order valence-electron chi connectivity index (χ1n) is 9.63. The van der Waals surface area contributed by atoms with Gasteiger partial charge in [-0.2, -0.15) is 24.4 Å². The van der Waals surface area contributed by atoms with Crippen LogP contribution in [0, 0.1) is 5.92 Å². The van der Waals surface area contributed by atoms with Gasteiger partial charge in [-0.3, -0.25) is 19.2 Å². The second-order valence-corrected chi connectivity index (χ2v) is 8.67. The average Bonchev–Trinajstić information content (AvgIpc) is 2.68. The van der Waals surface area contributed by atoms with Crippen molar-refractivity contribution in [2.24, 2.45) is 11.7 Å². The third kappa shape index (κ3) is 11.8. The minimum absolute atomic E-state index is 0.00633. The zero-order valence-electron chi connectivity index (χ0n) is 17.8. The van der Waals surface area contributed by atoms with Gasteiger partial charge in [-0.05, 0) is 30.8 Å². The second-order valence-electron chi connectivity index (χ2n) is 7.32. The number of hydrogen-bond acceptors (Lipinski definition) is 8. The minimum atomic E-state index is -1.47. The first-order valence-corrected chi connectivity index (χ1v) is 11.7. The molecule has 0 aliphatic carbocycles. The van der Waals surface area contributed by atoms with E-state index in [1.165, 1.54) is 11.8 Å². The molecule has 11 nitrogen and oxygen atoms in total. The Labute approximate surface area is 191 Å². The normalized spacial score (nSPS) is 14.8. The van der Waals surface area contributed by atoms with Gasteiger partial charge in [0.1, 0.15) is 18.1 Å². The summed E-state index contributed by atoms with van der Waals surface area (Å²) in [5, 5.41) is 25.5. The SMILES string of the molecule is CSCCC(NC(=O)C(CC(=O)O)NC(=O)C(N)CS)C(=O)NC(CC(C)C)C(=O)O. The van der Waals surface area contributed by atoms with Crippen molar-refractivity contribution in [1.82, 2.24) is 16.0 Å². The summed E-state index contributed by atoms with van der Waals surface area (Å²) < 4.78 is 0. The van der Waals surface area contributed by atoms with E-state index in [0.29, 0.717) is 5.75 Å². The van der Waals surface area contributed by atoms with Gasteiger partial charge in [0.05, 0.1) is 12.5 Å². The van der Waals surface area contributed by atoms with Crippen LogP contribution < -0.4 is 21.7 Å². The number of amides is 3. The van der Waals surface area contributed by atoms with Crippen LogP contribution in [0.4, 0.5) is 0 Å². The van der Waals surface area contributed by atoms with Gasteiger partial charge < -0.3 is 31.9 Å². The molecule has 178 valence electrons. The Morgan fingerprint density at radius 1 is 0.935 bits per heavy atom. The number of aliphatic carboxylic acids is 2. The number of carboxylic acids is 2. The van der Waals surface area contributed by atoms with Crippen molar-refractivity contribution in [1.29, 1.82) is 0 Å². The number of nitrogens with one attached hydrogen (secondary N) is 3. The molecule has 0 aliphatic rings. The number of carbonyl (C=O) groups excluding carboxylic acids is 3. The summed E-state index contributed by atoms with van der Waals surface area (Å²) in [5.41, 5.74) is 5.54. The number of thiol groups is 1. The fourth-order valence-corrected chi connectivity index (χ4v) is 3.12. The molecule has 0 radical (unpaired) electrons. The summed E-state index contributed by atoms with van der Waals surface area (Å²) in [7, 11) is 0. The van der Waals surface area contributed by atoms with Crippen molar-refractivity contribution in [2.75, 3.05) is 17.8 Å². The molecule has 4 unspecified atom stereocenters. The van der Waals surface area contributed by atoms with E-state index in [2.05, 4.69) is 28.6 Å². The highest BCUT2D eigenvalue weighted by Gasteiger charge is 2.31. The lowest BCUT2D eigenvalue weighted by Gasteiger charge is -2.25. The maximum Gasteiger partial charge on any atom is 0.326 e. The molecule has 0 saturated carbocycles. The summed E-state index contributed by atoms with van der Waals surface area (Å²) in [6, 6.07) is -4.76. The molecule has 0 heterocycles. The van der Waals surface area contributed by atoms with E-state index >= 15 is 0 Å². The highest BCUT2D eigenvalue weighted by molar-refractivity contribution is 7.98. The van der Waals surface area contributed by atoms with Crippen molar-refractivity contribution in [3.8, 4) is 0 Å². The molecular weight excluding hydrogens is 448 g/mol. The molecule has 7 N–H and O–H groups in total. The topological polar surface area (TPSA) is 188 Å². The zero-order valence-corrected chi connectivity index (χ0v) is 19.5. The van der Waals surface area contributed by atoms with E-state index < -0.39 is 60.2 Å². The van der Waals surface area contributed by atoms with Crippen LogP contribution in [0.3, 0.4) is 0 Å². The lowest BCUT2D eigenvalue weighted by molar-refractivity contribution is -0.143. The molecule has 0 aromatic rings.